The number of halogens is 1. The molecule has 8 nitrogen and oxygen atoms in total. The van der Waals surface area contributed by atoms with E-state index >= 15 is 0 Å². The first-order chi connectivity index (χ1) is 12.9. The number of ether oxygens (including phenoxy) is 1. The number of hydrogen-bond acceptors (Lipinski definition) is 5. The Morgan fingerprint density at radius 3 is 2.75 bits per heavy atom. The average molecular weight is 524 g/mol. The van der Waals surface area contributed by atoms with Gasteiger partial charge in [-0.1, -0.05) is 18.2 Å². The van der Waals surface area contributed by atoms with Crippen LogP contribution in [0.15, 0.2) is 29.3 Å². The van der Waals surface area contributed by atoms with E-state index in [1.807, 2.05) is 31.2 Å². The number of anilines is 1. The number of rotatable bonds is 9. The zero-order valence-corrected chi connectivity index (χ0v) is 19.4. The van der Waals surface area contributed by atoms with Gasteiger partial charge in [0.1, 0.15) is 9.84 Å². The quantitative estimate of drug-likeness (QED) is 0.195. The number of nitrogens with one attached hydrogen (secondary N) is 3. The van der Waals surface area contributed by atoms with Crippen molar-refractivity contribution in [3.8, 4) is 0 Å². The average Bonchev–Trinajstić information content (AvgIpc) is 2.61. The predicted octanol–water partition coefficient (Wildman–Crippen LogP) is 1.35. The monoisotopic (exact) mass is 524 g/mol. The van der Waals surface area contributed by atoms with Gasteiger partial charge in [0.2, 0.25) is 5.91 Å². The maximum atomic E-state index is 11.9. The Labute approximate surface area is 183 Å². The smallest absolute Gasteiger partial charge is 0.225 e. The third-order valence-corrected chi connectivity index (χ3v) is 4.97. The molecule has 0 saturated carbocycles. The maximum absolute atomic E-state index is 11.9. The molecule has 1 atom stereocenters. The van der Waals surface area contributed by atoms with E-state index in [9.17, 15) is 13.2 Å². The molecule has 0 bridgehead atoms. The number of carbonyl (C=O) groups is 1. The minimum atomic E-state index is -3.00. The molecule has 0 spiro atoms. The lowest BCUT2D eigenvalue weighted by Gasteiger charge is -2.24. The molecular weight excluding hydrogens is 495 g/mol. The van der Waals surface area contributed by atoms with Crippen LogP contribution >= 0.6 is 24.0 Å². The van der Waals surface area contributed by atoms with Gasteiger partial charge in [0.05, 0.1) is 25.5 Å². The van der Waals surface area contributed by atoms with Gasteiger partial charge in [0.15, 0.2) is 5.96 Å². The molecule has 0 radical (unpaired) electrons. The molecule has 0 fully saturated rings. The summed E-state index contributed by atoms with van der Waals surface area (Å²) in [5, 5.41) is 9.21. The van der Waals surface area contributed by atoms with Gasteiger partial charge in [0, 0.05) is 37.4 Å². The van der Waals surface area contributed by atoms with Crippen LogP contribution in [0.1, 0.15) is 24.8 Å². The van der Waals surface area contributed by atoms with Crippen molar-refractivity contribution in [3.05, 3.63) is 29.8 Å². The van der Waals surface area contributed by atoms with Crippen molar-refractivity contribution >= 4 is 51.4 Å². The second-order valence-corrected chi connectivity index (χ2v) is 8.68. The fourth-order valence-corrected chi connectivity index (χ4v) is 3.18. The lowest BCUT2D eigenvalue weighted by atomic mass is 9.91. The van der Waals surface area contributed by atoms with Gasteiger partial charge in [-0.15, -0.1) is 24.0 Å². The molecule has 1 aromatic carbocycles. The molecule has 0 aliphatic carbocycles. The first kappa shape index (κ1) is 24.6. The molecule has 2 rings (SSSR count). The molecule has 158 valence electrons. The Morgan fingerprint density at radius 2 is 2.04 bits per heavy atom. The van der Waals surface area contributed by atoms with E-state index in [4.69, 9.17) is 4.74 Å². The minimum absolute atomic E-state index is 0. The Hall–Kier alpha value is -1.40. The number of guanidine groups is 1. The van der Waals surface area contributed by atoms with Gasteiger partial charge in [0.25, 0.3) is 0 Å². The van der Waals surface area contributed by atoms with Crippen molar-refractivity contribution in [2.45, 2.75) is 19.3 Å². The van der Waals surface area contributed by atoms with E-state index in [1.54, 1.807) is 0 Å². The van der Waals surface area contributed by atoms with Crippen LogP contribution in [0.5, 0.6) is 0 Å². The van der Waals surface area contributed by atoms with Crippen LogP contribution in [-0.2, 0) is 19.4 Å². The first-order valence-corrected chi connectivity index (χ1v) is 11.1. The summed E-state index contributed by atoms with van der Waals surface area (Å²) in [4.78, 5) is 16.5. The summed E-state index contributed by atoms with van der Waals surface area (Å²) in [6.07, 6.45) is 1.60. The number of fused-ring (bicyclic) bond motifs is 1. The Kier molecular flexibility index (Phi) is 10.8. The number of hydrogen-bond donors (Lipinski definition) is 3. The summed E-state index contributed by atoms with van der Waals surface area (Å²) >= 11 is 0. The second kappa shape index (κ2) is 12.2. The largest absolute Gasteiger partial charge is 0.379 e. The van der Waals surface area contributed by atoms with E-state index in [0.717, 1.165) is 11.3 Å². The highest BCUT2D eigenvalue weighted by molar-refractivity contribution is 14.0. The molecule has 0 saturated heterocycles. The summed E-state index contributed by atoms with van der Waals surface area (Å²) in [6.45, 7) is 4.26. The lowest BCUT2D eigenvalue weighted by Crippen LogP contribution is -2.39. The summed E-state index contributed by atoms with van der Waals surface area (Å²) in [5.41, 5.74) is 1.95. The summed E-state index contributed by atoms with van der Waals surface area (Å²) in [5.74, 6) is 0.708. The number of carbonyl (C=O) groups excluding carboxylic acids is 1. The molecule has 1 aliphatic rings. The third-order valence-electron chi connectivity index (χ3n) is 4.06. The van der Waals surface area contributed by atoms with Crippen LogP contribution in [-0.4, -0.2) is 65.1 Å². The fourth-order valence-electron chi connectivity index (χ4n) is 2.76. The number of sulfone groups is 1. The van der Waals surface area contributed by atoms with E-state index < -0.39 is 9.84 Å². The van der Waals surface area contributed by atoms with Crippen LogP contribution < -0.4 is 16.0 Å². The first-order valence-electron chi connectivity index (χ1n) is 9.05. The molecule has 1 aliphatic heterocycles. The molecule has 1 aromatic rings. The Balaban J connectivity index is 0.00000392. The number of benzene rings is 1. The molecule has 10 heteroatoms. The van der Waals surface area contributed by atoms with Crippen molar-refractivity contribution in [1.29, 1.82) is 0 Å². The number of amides is 1. The maximum Gasteiger partial charge on any atom is 0.225 e. The highest BCUT2D eigenvalue weighted by Crippen LogP contribution is 2.31. The van der Waals surface area contributed by atoms with Gasteiger partial charge >= 0.3 is 0 Å². The van der Waals surface area contributed by atoms with E-state index in [0.29, 0.717) is 38.6 Å². The fraction of sp³-hybridized carbons (Fsp3) is 0.556. The highest BCUT2D eigenvalue weighted by Gasteiger charge is 2.24. The van der Waals surface area contributed by atoms with Crippen molar-refractivity contribution in [3.63, 3.8) is 0 Å². The van der Waals surface area contributed by atoms with Gasteiger partial charge in [-0.3, -0.25) is 9.79 Å². The van der Waals surface area contributed by atoms with Crippen molar-refractivity contribution < 1.29 is 17.9 Å². The topological polar surface area (TPSA) is 109 Å². The van der Waals surface area contributed by atoms with Gasteiger partial charge in [-0.05, 0) is 18.6 Å². The Morgan fingerprint density at radius 1 is 1.29 bits per heavy atom. The second-order valence-electron chi connectivity index (χ2n) is 6.43. The van der Waals surface area contributed by atoms with Gasteiger partial charge < -0.3 is 20.7 Å². The summed E-state index contributed by atoms with van der Waals surface area (Å²) < 4.78 is 27.4. The van der Waals surface area contributed by atoms with E-state index in [-0.39, 0.29) is 48.2 Å². The summed E-state index contributed by atoms with van der Waals surface area (Å²) in [7, 11) is -3.00. The van der Waals surface area contributed by atoms with Crippen molar-refractivity contribution in [2.75, 3.05) is 50.2 Å². The molecular formula is C18H29IN4O4S. The molecule has 28 heavy (non-hydrogen) atoms. The zero-order chi connectivity index (χ0) is 19.7. The minimum Gasteiger partial charge on any atom is -0.379 e. The zero-order valence-electron chi connectivity index (χ0n) is 16.2. The molecule has 3 N–H and O–H groups in total. The number of aliphatic imine (C=N–C) groups is 1. The molecule has 1 heterocycles. The molecule has 1 amide bonds. The van der Waals surface area contributed by atoms with Crippen LogP contribution in [0, 0.1) is 0 Å². The lowest BCUT2D eigenvalue weighted by molar-refractivity contribution is -0.116. The third kappa shape index (κ3) is 8.74. The van der Waals surface area contributed by atoms with E-state index in [1.165, 1.54) is 6.26 Å². The standard InChI is InChI=1S/C18H28N4O4S.HI/c1-3-19-18(20-8-9-26-10-11-27(2,24)25)21-13-14-12-17(23)22-16-7-5-4-6-15(14)16;/h4-7,14H,3,8-13H2,1-2H3,(H,22,23)(H2,19,20,21);1H. The Bertz CT molecular complexity index is 771. The van der Waals surface area contributed by atoms with Crippen LogP contribution in [0.4, 0.5) is 5.69 Å². The normalized spacial score (nSPS) is 16.6. The van der Waals surface area contributed by atoms with Gasteiger partial charge in [-0.2, -0.15) is 0 Å². The van der Waals surface area contributed by atoms with E-state index in [2.05, 4.69) is 20.9 Å². The van der Waals surface area contributed by atoms with Crippen LogP contribution in [0.3, 0.4) is 0 Å². The van der Waals surface area contributed by atoms with Crippen LogP contribution in [0.25, 0.3) is 0 Å². The molecule has 1 unspecified atom stereocenters. The SMILES string of the molecule is CCNC(=NCC1CC(=O)Nc2ccccc21)NCCOCCS(C)(=O)=O.I. The van der Waals surface area contributed by atoms with Crippen molar-refractivity contribution in [1.82, 2.24) is 10.6 Å². The van der Waals surface area contributed by atoms with Crippen LogP contribution in [0.2, 0.25) is 0 Å². The summed E-state index contributed by atoms with van der Waals surface area (Å²) in [6, 6.07) is 7.79. The predicted molar refractivity (Wildman–Crippen MR) is 122 cm³/mol. The van der Waals surface area contributed by atoms with Gasteiger partial charge in [-0.25, -0.2) is 8.42 Å². The number of para-hydroxylation sites is 1. The molecule has 0 aromatic heterocycles. The van der Waals surface area contributed by atoms with Crippen molar-refractivity contribution in [2.24, 2.45) is 4.99 Å². The number of nitrogens with zero attached hydrogens (tertiary/aromatic N) is 1. The highest BCUT2D eigenvalue weighted by atomic mass is 127.